The van der Waals surface area contributed by atoms with Crippen molar-refractivity contribution >= 4 is 45.2 Å². The fourth-order valence-corrected chi connectivity index (χ4v) is 3.61. The van der Waals surface area contributed by atoms with Gasteiger partial charge in [0, 0.05) is 26.8 Å². The molecule has 102 valence electrons. The van der Waals surface area contributed by atoms with Crippen LogP contribution in [0.5, 0.6) is 0 Å². The fraction of sp³-hybridized carbons (Fsp3) is 0.385. The average molecular weight is 343 g/mol. The van der Waals surface area contributed by atoms with Crippen LogP contribution in [0.1, 0.15) is 24.1 Å². The molecule has 0 radical (unpaired) electrons. The number of rotatable bonds is 4. The molecule has 4 nitrogen and oxygen atoms in total. The van der Waals surface area contributed by atoms with E-state index in [9.17, 15) is 9.59 Å². The SMILES string of the molecule is NC(=O)C1CCCC1NC(=O)/C=C/c1cc(Br)cs1. The summed E-state index contributed by atoms with van der Waals surface area (Å²) in [6, 6.07) is 1.82. The molecule has 1 aromatic heterocycles. The van der Waals surface area contributed by atoms with Crippen molar-refractivity contribution in [3.05, 3.63) is 26.9 Å². The second-order valence-electron chi connectivity index (χ2n) is 4.56. The maximum Gasteiger partial charge on any atom is 0.244 e. The van der Waals surface area contributed by atoms with E-state index >= 15 is 0 Å². The monoisotopic (exact) mass is 342 g/mol. The van der Waals surface area contributed by atoms with Crippen molar-refractivity contribution in [3.63, 3.8) is 0 Å². The summed E-state index contributed by atoms with van der Waals surface area (Å²) in [7, 11) is 0. The molecular formula is C13H15BrN2O2S. The highest BCUT2D eigenvalue weighted by molar-refractivity contribution is 9.10. The van der Waals surface area contributed by atoms with Crippen LogP contribution in [0.2, 0.25) is 0 Å². The van der Waals surface area contributed by atoms with Crippen molar-refractivity contribution in [1.82, 2.24) is 5.32 Å². The predicted octanol–water partition coefficient (Wildman–Crippen LogP) is 2.29. The second-order valence-corrected chi connectivity index (χ2v) is 6.41. The molecule has 2 rings (SSSR count). The lowest BCUT2D eigenvalue weighted by Crippen LogP contribution is -2.41. The Morgan fingerprint density at radius 1 is 1.47 bits per heavy atom. The summed E-state index contributed by atoms with van der Waals surface area (Å²) < 4.78 is 1.00. The zero-order valence-corrected chi connectivity index (χ0v) is 12.7. The highest BCUT2D eigenvalue weighted by atomic mass is 79.9. The van der Waals surface area contributed by atoms with Gasteiger partial charge in [0.05, 0.1) is 5.92 Å². The van der Waals surface area contributed by atoms with Crippen LogP contribution in [0, 0.1) is 5.92 Å². The van der Waals surface area contributed by atoms with Crippen LogP contribution < -0.4 is 11.1 Å². The summed E-state index contributed by atoms with van der Waals surface area (Å²) in [6.45, 7) is 0. The van der Waals surface area contributed by atoms with Gasteiger partial charge in [0.25, 0.3) is 0 Å². The van der Waals surface area contributed by atoms with Gasteiger partial charge in [-0.05, 0) is 40.9 Å². The Hall–Kier alpha value is -1.14. The summed E-state index contributed by atoms with van der Waals surface area (Å²) in [6.07, 6.45) is 5.77. The Kier molecular flexibility index (Phi) is 4.76. The molecule has 2 unspecified atom stereocenters. The first-order valence-electron chi connectivity index (χ1n) is 6.08. The molecule has 0 saturated heterocycles. The summed E-state index contributed by atoms with van der Waals surface area (Å²) in [5, 5.41) is 4.81. The first-order valence-corrected chi connectivity index (χ1v) is 7.75. The molecule has 6 heteroatoms. The number of hydrogen-bond acceptors (Lipinski definition) is 3. The first kappa shape index (κ1) is 14.3. The number of carbonyl (C=O) groups excluding carboxylic acids is 2. The van der Waals surface area contributed by atoms with Gasteiger partial charge in [-0.2, -0.15) is 0 Å². The van der Waals surface area contributed by atoms with Gasteiger partial charge in [-0.3, -0.25) is 9.59 Å². The second kappa shape index (κ2) is 6.34. The molecular weight excluding hydrogens is 328 g/mol. The fourth-order valence-electron chi connectivity index (χ4n) is 2.28. The van der Waals surface area contributed by atoms with Crippen molar-refractivity contribution in [3.8, 4) is 0 Å². The molecule has 0 spiro atoms. The molecule has 19 heavy (non-hydrogen) atoms. The summed E-state index contributed by atoms with van der Waals surface area (Å²) in [5.74, 6) is -0.732. The van der Waals surface area contributed by atoms with Crippen LogP contribution in [0.3, 0.4) is 0 Å². The van der Waals surface area contributed by atoms with Gasteiger partial charge >= 0.3 is 0 Å². The van der Waals surface area contributed by atoms with Crippen LogP contribution >= 0.6 is 27.3 Å². The number of hydrogen-bond donors (Lipinski definition) is 2. The third-order valence-electron chi connectivity index (χ3n) is 3.20. The quantitative estimate of drug-likeness (QED) is 0.824. The largest absolute Gasteiger partial charge is 0.369 e. The molecule has 3 N–H and O–H groups in total. The van der Waals surface area contributed by atoms with Gasteiger partial charge in [0.1, 0.15) is 0 Å². The Bertz CT molecular complexity index is 512. The molecule has 1 saturated carbocycles. The maximum absolute atomic E-state index is 11.8. The van der Waals surface area contributed by atoms with E-state index in [1.807, 2.05) is 11.4 Å². The van der Waals surface area contributed by atoms with E-state index in [1.165, 1.54) is 6.08 Å². The molecule has 2 atom stereocenters. The lowest BCUT2D eigenvalue weighted by molar-refractivity contribution is -0.123. The molecule has 1 aliphatic carbocycles. The number of carbonyl (C=O) groups is 2. The zero-order chi connectivity index (χ0) is 13.8. The van der Waals surface area contributed by atoms with Gasteiger partial charge in [-0.15, -0.1) is 11.3 Å². The summed E-state index contributed by atoms with van der Waals surface area (Å²) in [4.78, 5) is 24.0. The highest BCUT2D eigenvalue weighted by Gasteiger charge is 2.31. The van der Waals surface area contributed by atoms with Crippen LogP contribution in [0.25, 0.3) is 6.08 Å². The van der Waals surface area contributed by atoms with E-state index in [0.717, 1.165) is 28.6 Å². The Labute approximate surface area is 124 Å². The predicted molar refractivity (Wildman–Crippen MR) is 79.5 cm³/mol. The Morgan fingerprint density at radius 2 is 2.26 bits per heavy atom. The Balaban J connectivity index is 1.90. The van der Waals surface area contributed by atoms with Crippen LogP contribution in [0.4, 0.5) is 0 Å². The van der Waals surface area contributed by atoms with Crippen molar-refractivity contribution in [1.29, 1.82) is 0 Å². The van der Waals surface area contributed by atoms with E-state index < -0.39 is 0 Å². The number of halogens is 1. The number of thiophene rings is 1. The highest BCUT2D eigenvalue weighted by Crippen LogP contribution is 2.25. The van der Waals surface area contributed by atoms with Gasteiger partial charge < -0.3 is 11.1 Å². The average Bonchev–Trinajstić information content (AvgIpc) is 2.95. The number of nitrogens with one attached hydrogen (secondary N) is 1. The van der Waals surface area contributed by atoms with E-state index in [2.05, 4.69) is 21.2 Å². The maximum atomic E-state index is 11.8. The van der Waals surface area contributed by atoms with Gasteiger partial charge in [0.2, 0.25) is 11.8 Å². The molecule has 1 fully saturated rings. The van der Waals surface area contributed by atoms with E-state index in [0.29, 0.717) is 0 Å². The molecule has 2 amide bonds. The molecule has 1 aliphatic rings. The van der Waals surface area contributed by atoms with Crippen molar-refractivity contribution in [2.45, 2.75) is 25.3 Å². The standard InChI is InChI=1S/C13H15BrN2O2S/c14-8-6-9(19-7-8)4-5-12(17)16-11-3-1-2-10(11)13(15)18/h4-7,10-11H,1-3H2,(H2,15,18)(H,16,17)/b5-4+. The van der Waals surface area contributed by atoms with Crippen molar-refractivity contribution in [2.75, 3.05) is 0 Å². The molecule has 1 heterocycles. The van der Waals surface area contributed by atoms with Gasteiger partial charge in [0.15, 0.2) is 0 Å². The number of primary amides is 1. The van der Waals surface area contributed by atoms with Gasteiger partial charge in [-0.1, -0.05) is 6.42 Å². The first-order chi connectivity index (χ1) is 9.06. The van der Waals surface area contributed by atoms with Crippen LogP contribution in [0.15, 0.2) is 22.0 Å². The van der Waals surface area contributed by atoms with Crippen molar-refractivity contribution < 1.29 is 9.59 Å². The third kappa shape index (κ3) is 3.91. The molecule has 0 aromatic carbocycles. The normalized spacial score (nSPS) is 22.8. The molecule has 0 bridgehead atoms. The van der Waals surface area contributed by atoms with Crippen LogP contribution in [-0.2, 0) is 9.59 Å². The van der Waals surface area contributed by atoms with E-state index in [4.69, 9.17) is 5.73 Å². The van der Waals surface area contributed by atoms with Crippen molar-refractivity contribution in [2.24, 2.45) is 11.7 Å². The summed E-state index contributed by atoms with van der Waals surface area (Å²) >= 11 is 4.91. The molecule has 0 aliphatic heterocycles. The Morgan fingerprint density at radius 3 is 2.89 bits per heavy atom. The third-order valence-corrected chi connectivity index (χ3v) is 4.85. The van der Waals surface area contributed by atoms with E-state index in [-0.39, 0.29) is 23.8 Å². The minimum atomic E-state index is -0.325. The van der Waals surface area contributed by atoms with E-state index in [1.54, 1.807) is 17.4 Å². The van der Waals surface area contributed by atoms with Crippen LogP contribution in [-0.4, -0.2) is 17.9 Å². The lowest BCUT2D eigenvalue weighted by Gasteiger charge is -2.16. The minimum Gasteiger partial charge on any atom is -0.369 e. The number of amides is 2. The lowest BCUT2D eigenvalue weighted by atomic mass is 10.0. The molecule has 1 aromatic rings. The zero-order valence-electron chi connectivity index (χ0n) is 10.3. The number of nitrogens with two attached hydrogens (primary N) is 1. The topological polar surface area (TPSA) is 72.2 Å². The summed E-state index contributed by atoms with van der Waals surface area (Å²) in [5.41, 5.74) is 5.32. The smallest absolute Gasteiger partial charge is 0.244 e. The van der Waals surface area contributed by atoms with Gasteiger partial charge in [-0.25, -0.2) is 0 Å². The minimum absolute atomic E-state index is 0.121.